The van der Waals surface area contributed by atoms with Gasteiger partial charge in [-0.15, -0.1) is 0 Å². The molecule has 0 saturated carbocycles. The lowest BCUT2D eigenvalue weighted by atomic mass is 9.89. The predicted octanol–water partition coefficient (Wildman–Crippen LogP) is 2.06. The highest BCUT2D eigenvalue weighted by Crippen LogP contribution is 2.35. The van der Waals surface area contributed by atoms with Gasteiger partial charge >= 0.3 is 0 Å². The maximum absolute atomic E-state index is 13.8. The van der Waals surface area contributed by atoms with E-state index in [1.54, 1.807) is 12.1 Å². The summed E-state index contributed by atoms with van der Waals surface area (Å²) in [5, 5.41) is 19.4. The molecule has 0 bridgehead atoms. The van der Waals surface area contributed by atoms with E-state index >= 15 is 0 Å². The van der Waals surface area contributed by atoms with E-state index in [0.29, 0.717) is 25.3 Å². The van der Waals surface area contributed by atoms with E-state index < -0.39 is 5.82 Å². The number of aliphatic hydroxyl groups is 1. The highest BCUT2D eigenvalue weighted by Gasteiger charge is 2.38. The number of nitriles is 1. The van der Waals surface area contributed by atoms with Gasteiger partial charge in [0.05, 0.1) is 18.4 Å². The van der Waals surface area contributed by atoms with E-state index in [9.17, 15) is 14.8 Å². The molecule has 0 aromatic heterocycles. The predicted molar refractivity (Wildman–Crippen MR) is 76.4 cm³/mol. The standard InChI is InChI=1S/C16H19FN2O2/c17-13-3-1-4-14(11(13)9-18)19-7-2-5-15(19)12-10-21-8-6-16(12)20/h1,3-4,12,15-16,20H,2,5-8,10H2/t12-,15-,16+/m1/s1. The van der Waals surface area contributed by atoms with Gasteiger partial charge in [0.2, 0.25) is 0 Å². The van der Waals surface area contributed by atoms with Crippen LogP contribution in [0.5, 0.6) is 0 Å². The molecule has 0 amide bonds. The van der Waals surface area contributed by atoms with Crippen LogP contribution in [0, 0.1) is 23.1 Å². The zero-order chi connectivity index (χ0) is 14.8. The lowest BCUT2D eigenvalue weighted by Crippen LogP contribution is -2.46. The van der Waals surface area contributed by atoms with Gasteiger partial charge in [-0.3, -0.25) is 0 Å². The van der Waals surface area contributed by atoms with Crippen LogP contribution in [0.2, 0.25) is 0 Å². The SMILES string of the molecule is N#Cc1c(F)cccc1N1CCC[C@@H]1[C@H]1COCC[C@@H]1O. The Bertz CT molecular complexity index is 558. The Morgan fingerprint density at radius 1 is 1.38 bits per heavy atom. The van der Waals surface area contributed by atoms with E-state index in [1.807, 2.05) is 6.07 Å². The van der Waals surface area contributed by atoms with E-state index in [-0.39, 0.29) is 23.6 Å². The summed E-state index contributed by atoms with van der Waals surface area (Å²) >= 11 is 0. The van der Waals surface area contributed by atoms with E-state index in [4.69, 9.17) is 4.74 Å². The molecule has 2 heterocycles. The first-order valence-electron chi connectivity index (χ1n) is 7.43. The number of aliphatic hydroxyl groups excluding tert-OH is 1. The molecular formula is C16H19FN2O2. The van der Waals surface area contributed by atoms with E-state index in [2.05, 4.69) is 4.90 Å². The van der Waals surface area contributed by atoms with Crippen LogP contribution in [-0.2, 0) is 4.74 Å². The maximum Gasteiger partial charge on any atom is 0.143 e. The number of nitrogens with zero attached hydrogens (tertiary/aromatic N) is 2. The minimum Gasteiger partial charge on any atom is -0.393 e. The molecule has 2 aliphatic rings. The molecule has 1 aromatic rings. The van der Waals surface area contributed by atoms with Crippen molar-refractivity contribution in [3.05, 3.63) is 29.6 Å². The summed E-state index contributed by atoms with van der Waals surface area (Å²) < 4.78 is 19.3. The van der Waals surface area contributed by atoms with Gasteiger partial charge in [-0.25, -0.2) is 4.39 Å². The molecule has 2 fully saturated rings. The molecule has 0 aliphatic carbocycles. The van der Waals surface area contributed by atoms with Crippen molar-refractivity contribution < 1.29 is 14.2 Å². The molecule has 3 atom stereocenters. The van der Waals surface area contributed by atoms with Gasteiger partial charge < -0.3 is 14.7 Å². The number of hydrogen-bond donors (Lipinski definition) is 1. The van der Waals surface area contributed by atoms with Crippen molar-refractivity contribution >= 4 is 5.69 Å². The van der Waals surface area contributed by atoms with Crippen molar-refractivity contribution in [2.24, 2.45) is 5.92 Å². The van der Waals surface area contributed by atoms with Gasteiger partial charge in [0.25, 0.3) is 0 Å². The first-order valence-corrected chi connectivity index (χ1v) is 7.43. The van der Waals surface area contributed by atoms with Crippen molar-refractivity contribution in [2.75, 3.05) is 24.7 Å². The zero-order valence-electron chi connectivity index (χ0n) is 11.8. The number of ether oxygens (including phenoxy) is 1. The van der Waals surface area contributed by atoms with E-state index in [0.717, 1.165) is 19.4 Å². The molecule has 2 saturated heterocycles. The first-order chi connectivity index (χ1) is 10.2. The Morgan fingerprint density at radius 2 is 2.24 bits per heavy atom. The van der Waals surface area contributed by atoms with Gasteiger partial charge in [-0.2, -0.15) is 5.26 Å². The van der Waals surface area contributed by atoms with Crippen LogP contribution in [0.25, 0.3) is 0 Å². The van der Waals surface area contributed by atoms with E-state index in [1.165, 1.54) is 6.07 Å². The first kappa shape index (κ1) is 14.3. The molecule has 112 valence electrons. The number of halogens is 1. The van der Waals surface area contributed by atoms with Crippen LogP contribution in [0.1, 0.15) is 24.8 Å². The van der Waals surface area contributed by atoms with Crippen LogP contribution in [0.3, 0.4) is 0 Å². The number of anilines is 1. The van der Waals surface area contributed by atoms with Gasteiger partial charge in [0, 0.05) is 25.1 Å². The normalized spacial score (nSPS) is 29.4. The molecule has 4 nitrogen and oxygen atoms in total. The van der Waals surface area contributed by atoms with Crippen molar-refractivity contribution in [1.29, 1.82) is 5.26 Å². The average molecular weight is 290 g/mol. The van der Waals surface area contributed by atoms with Gasteiger partial charge in [0.15, 0.2) is 0 Å². The van der Waals surface area contributed by atoms with Crippen LogP contribution >= 0.6 is 0 Å². The fourth-order valence-corrected chi connectivity index (χ4v) is 3.52. The summed E-state index contributed by atoms with van der Waals surface area (Å²) in [5.41, 5.74) is 0.730. The lowest BCUT2D eigenvalue weighted by molar-refractivity contribution is -0.0437. The number of rotatable bonds is 2. The lowest BCUT2D eigenvalue weighted by Gasteiger charge is -2.38. The zero-order valence-corrected chi connectivity index (χ0v) is 11.8. The Labute approximate surface area is 123 Å². The molecule has 2 aliphatic heterocycles. The summed E-state index contributed by atoms with van der Waals surface area (Å²) in [7, 11) is 0. The molecule has 3 rings (SSSR count). The van der Waals surface area contributed by atoms with Crippen LogP contribution < -0.4 is 4.90 Å². The fourth-order valence-electron chi connectivity index (χ4n) is 3.52. The largest absolute Gasteiger partial charge is 0.393 e. The Hall–Kier alpha value is -1.64. The maximum atomic E-state index is 13.8. The smallest absolute Gasteiger partial charge is 0.143 e. The van der Waals surface area contributed by atoms with Gasteiger partial charge in [-0.1, -0.05) is 6.07 Å². The highest BCUT2D eigenvalue weighted by molar-refractivity contribution is 5.61. The third-order valence-corrected chi connectivity index (χ3v) is 4.57. The monoisotopic (exact) mass is 290 g/mol. The van der Waals surface area contributed by atoms with Crippen molar-refractivity contribution in [2.45, 2.75) is 31.4 Å². The molecule has 5 heteroatoms. The third-order valence-electron chi connectivity index (χ3n) is 4.57. The second-order valence-corrected chi connectivity index (χ2v) is 5.74. The Morgan fingerprint density at radius 3 is 3.00 bits per heavy atom. The summed E-state index contributed by atoms with van der Waals surface area (Å²) in [6, 6.07) is 6.80. The highest BCUT2D eigenvalue weighted by atomic mass is 19.1. The summed E-state index contributed by atoms with van der Waals surface area (Å²) in [5.74, 6) is -0.461. The van der Waals surface area contributed by atoms with Crippen molar-refractivity contribution in [3.8, 4) is 6.07 Å². The summed E-state index contributed by atoms with van der Waals surface area (Å²) in [6.45, 7) is 1.90. The fraction of sp³-hybridized carbons (Fsp3) is 0.562. The Balaban J connectivity index is 1.91. The number of benzene rings is 1. The topological polar surface area (TPSA) is 56.5 Å². The van der Waals surface area contributed by atoms with Crippen LogP contribution in [-0.4, -0.2) is 37.0 Å². The molecule has 0 spiro atoms. The summed E-state index contributed by atoms with van der Waals surface area (Å²) in [6.07, 6.45) is 2.17. The average Bonchev–Trinajstić information content (AvgIpc) is 2.96. The minimum atomic E-state index is -0.485. The van der Waals surface area contributed by atoms with Crippen LogP contribution in [0.4, 0.5) is 10.1 Å². The second kappa shape index (κ2) is 6.00. The molecule has 21 heavy (non-hydrogen) atoms. The summed E-state index contributed by atoms with van der Waals surface area (Å²) in [4.78, 5) is 2.07. The molecule has 0 radical (unpaired) electrons. The molecule has 0 unspecified atom stereocenters. The minimum absolute atomic E-state index is 0.0241. The second-order valence-electron chi connectivity index (χ2n) is 5.74. The van der Waals surface area contributed by atoms with Crippen molar-refractivity contribution in [3.63, 3.8) is 0 Å². The number of hydrogen-bond acceptors (Lipinski definition) is 4. The third kappa shape index (κ3) is 2.61. The van der Waals surface area contributed by atoms with Gasteiger partial charge in [0.1, 0.15) is 17.4 Å². The molecule has 1 aromatic carbocycles. The van der Waals surface area contributed by atoms with Crippen LogP contribution in [0.15, 0.2) is 18.2 Å². The molecule has 1 N–H and O–H groups in total. The van der Waals surface area contributed by atoms with Gasteiger partial charge in [-0.05, 0) is 31.4 Å². The van der Waals surface area contributed by atoms with Crippen molar-refractivity contribution in [1.82, 2.24) is 0 Å². The molecular weight excluding hydrogens is 271 g/mol. The Kier molecular flexibility index (Phi) is 4.09. The quantitative estimate of drug-likeness (QED) is 0.906.